The normalized spacial score (nSPS) is 10.9. The van der Waals surface area contributed by atoms with Crippen molar-refractivity contribution in [2.45, 2.75) is 11.1 Å². The average Bonchev–Trinajstić information content (AvgIpc) is 2.75. The molecule has 0 aliphatic heterocycles. The lowest BCUT2D eigenvalue weighted by Crippen LogP contribution is -2.17. The Kier molecular flexibility index (Phi) is 7.92. The van der Waals surface area contributed by atoms with Gasteiger partial charge in [-0.25, -0.2) is 4.79 Å². The number of nitro groups is 1. The molecule has 0 heterocycles. The first kappa shape index (κ1) is 24.8. The molecule has 0 fully saturated rings. The van der Waals surface area contributed by atoms with Gasteiger partial charge in [-0.05, 0) is 12.1 Å². The largest absolute Gasteiger partial charge is 0.493 e. The van der Waals surface area contributed by atoms with Crippen LogP contribution in [0.2, 0.25) is 0 Å². The maximum absolute atomic E-state index is 12.8. The highest BCUT2D eigenvalue weighted by atomic mass is 32.2. The molecule has 0 aromatic heterocycles. The Balaban J connectivity index is 2.25. The van der Waals surface area contributed by atoms with Gasteiger partial charge in [-0.3, -0.25) is 14.9 Å². The number of ether oxygens (including phenoxy) is 3. The van der Waals surface area contributed by atoms with Crippen molar-refractivity contribution in [1.29, 1.82) is 0 Å². The molecule has 0 bridgehead atoms. The molecule has 0 aliphatic rings. The summed E-state index contributed by atoms with van der Waals surface area (Å²) in [7, 11) is 3.84. The number of alkyl halides is 3. The molecular weight excluding hydrogens is 457 g/mol. The molecule has 0 aliphatic carbocycles. The molecule has 1 amide bonds. The van der Waals surface area contributed by atoms with Crippen molar-refractivity contribution in [1.82, 2.24) is 0 Å². The van der Waals surface area contributed by atoms with Gasteiger partial charge < -0.3 is 19.5 Å². The molecule has 0 radical (unpaired) electrons. The van der Waals surface area contributed by atoms with E-state index in [9.17, 15) is 32.9 Å². The summed E-state index contributed by atoms with van der Waals surface area (Å²) in [6.07, 6.45) is -4.75. The van der Waals surface area contributed by atoms with Crippen LogP contribution in [0.5, 0.6) is 11.5 Å². The van der Waals surface area contributed by atoms with Crippen molar-refractivity contribution >= 4 is 35.0 Å². The summed E-state index contributed by atoms with van der Waals surface area (Å²) in [6.45, 7) is 0. The van der Waals surface area contributed by atoms with E-state index in [4.69, 9.17) is 9.47 Å². The molecule has 2 aromatic rings. The first-order valence-electron chi connectivity index (χ1n) is 8.64. The predicted molar refractivity (Wildman–Crippen MR) is 108 cm³/mol. The van der Waals surface area contributed by atoms with Gasteiger partial charge >= 0.3 is 12.1 Å². The topological polar surface area (TPSA) is 117 Å². The van der Waals surface area contributed by atoms with E-state index >= 15 is 0 Å². The first-order chi connectivity index (χ1) is 15.0. The number of hydrogen-bond donors (Lipinski definition) is 1. The Labute approximate surface area is 184 Å². The number of nitrogens with zero attached hydrogens (tertiary/aromatic N) is 1. The van der Waals surface area contributed by atoms with Gasteiger partial charge in [0.05, 0.1) is 53.7 Å². The van der Waals surface area contributed by atoms with Crippen LogP contribution >= 0.6 is 11.8 Å². The van der Waals surface area contributed by atoms with Crippen LogP contribution in [-0.2, 0) is 15.7 Å². The summed E-state index contributed by atoms with van der Waals surface area (Å²) in [5.74, 6) is -1.42. The fourth-order valence-corrected chi connectivity index (χ4v) is 3.35. The van der Waals surface area contributed by atoms with E-state index in [1.807, 2.05) is 0 Å². The summed E-state index contributed by atoms with van der Waals surface area (Å²) in [5.41, 5.74) is -1.96. The Morgan fingerprint density at radius 1 is 1.09 bits per heavy atom. The SMILES string of the molecule is COC(=O)c1cc(OC)c(OC)cc1NC(=O)CSc1ccc(C(F)(F)F)cc1[N+](=O)[O-]. The van der Waals surface area contributed by atoms with Crippen molar-refractivity contribution in [3.8, 4) is 11.5 Å². The molecule has 0 unspecified atom stereocenters. The van der Waals surface area contributed by atoms with Crippen LogP contribution in [0.1, 0.15) is 15.9 Å². The Morgan fingerprint density at radius 2 is 1.72 bits per heavy atom. The minimum atomic E-state index is -4.75. The Morgan fingerprint density at radius 3 is 2.25 bits per heavy atom. The van der Waals surface area contributed by atoms with E-state index in [2.05, 4.69) is 10.1 Å². The molecule has 9 nitrogen and oxygen atoms in total. The average molecular weight is 474 g/mol. The number of rotatable bonds is 8. The van der Waals surface area contributed by atoms with E-state index in [1.165, 1.54) is 26.4 Å². The zero-order chi connectivity index (χ0) is 24.1. The second-order valence-electron chi connectivity index (χ2n) is 6.02. The number of nitrogens with one attached hydrogen (secondary N) is 1. The fraction of sp³-hybridized carbons (Fsp3) is 0.263. The minimum absolute atomic E-state index is 0.0296. The quantitative estimate of drug-likeness (QED) is 0.263. The van der Waals surface area contributed by atoms with Crippen LogP contribution in [0, 0.1) is 10.1 Å². The van der Waals surface area contributed by atoms with E-state index in [1.54, 1.807) is 0 Å². The fourth-order valence-electron chi connectivity index (χ4n) is 2.55. The number of amides is 1. The lowest BCUT2D eigenvalue weighted by atomic mass is 10.1. The molecule has 32 heavy (non-hydrogen) atoms. The van der Waals surface area contributed by atoms with Crippen LogP contribution < -0.4 is 14.8 Å². The number of hydrogen-bond acceptors (Lipinski definition) is 8. The Hall–Kier alpha value is -3.48. The monoisotopic (exact) mass is 474 g/mol. The molecule has 1 N–H and O–H groups in total. The van der Waals surface area contributed by atoms with Gasteiger partial charge in [0.1, 0.15) is 0 Å². The van der Waals surface area contributed by atoms with Crippen molar-refractivity contribution in [3.05, 3.63) is 51.6 Å². The van der Waals surface area contributed by atoms with Crippen LogP contribution in [0.15, 0.2) is 35.2 Å². The van der Waals surface area contributed by atoms with Gasteiger partial charge in [0.15, 0.2) is 11.5 Å². The summed E-state index contributed by atoms with van der Waals surface area (Å²) < 4.78 is 53.4. The molecular formula is C19H17F3N2O7S. The highest BCUT2D eigenvalue weighted by Gasteiger charge is 2.33. The standard InChI is InChI=1S/C19H17F3N2O7S/c1-29-14-7-11(18(26)31-3)12(8-15(14)30-2)23-17(25)9-32-16-5-4-10(19(20,21)22)6-13(16)24(27)28/h4-8H,9H2,1-3H3,(H,23,25). The molecule has 0 saturated heterocycles. The van der Waals surface area contributed by atoms with Crippen LogP contribution in [0.25, 0.3) is 0 Å². The van der Waals surface area contributed by atoms with Gasteiger partial charge in [0, 0.05) is 18.2 Å². The van der Waals surface area contributed by atoms with Crippen molar-refractivity contribution in [3.63, 3.8) is 0 Å². The number of carbonyl (C=O) groups is 2. The number of thioether (sulfide) groups is 1. The number of benzene rings is 2. The van der Waals surface area contributed by atoms with Gasteiger partial charge in [-0.2, -0.15) is 13.2 Å². The molecule has 0 saturated carbocycles. The molecule has 2 rings (SSSR count). The zero-order valence-electron chi connectivity index (χ0n) is 16.9. The summed E-state index contributed by atoms with van der Waals surface area (Å²) in [6, 6.07) is 4.65. The van der Waals surface area contributed by atoms with Crippen LogP contribution in [0.4, 0.5) is 24.5 Å². The number of carbonyl (C=O) groups excluding carboxylic acids is 2. The van der Waals surface area contributed by atoms with E-state index in [-0.39, 0.29) is 33.4 Å². The molecule has 172 valence electrons. The van der Waals surface area contributed by atoms with E-state index in [0.29, 0.717) is 23.9 Å². The third-order valence-electron chi connectivity index (χ3n) is 4.04. The lowest BCUT2D eigenvalue weighted by molar-refractivity contribution is -0.388. The second-order valence-corrected chi connectivity index (χ2v) is 7.04. The highest BCUT2D eigenvalue weighted by Crippen LogP contribution is 2.37. The third kappa shape index (κ3) is 5.81. The number of esters is 1. The number of anilines is 1. The van der Waals surface area contributed by atoms with Crippen LogP contribution in [0.3, 0.4) is 0 Å². The molecule has 2 aromatic carbocycles. The van der Waals surface area contributed by atoms with Gasteiger partial charge in [-0.15, -0.1) is 11.8 Å². The van der Waals surface area contributed by atoms with Crippen molar-refractivity contribution in [2.24, 2.45) is 0 Å². The molecule has 0 atom stereocenters. The first-order valence-corrected chi connectivity index (χ1v) is 9.63. The van der Waals surface area contributed by atoms with Crippen LogP contribution in [-0.4, -0.2) is 43.9 Å². The van der Waals surface area contributed by atoms with Gasteiger partial charge in [0.2, 0.25) is 5.91 Å². The number of methoxy groups -OCH3 is 3. The number of halogens is 3. The second kappa shape index (κ2) is 10.2. The van der Waals surface area contributed by atoms with E-state index < -0.39 is 34.2 Å². The predicted octanol–water partition coefficient (Wildman–Crippen LogP) is 4.15. The van der Waals surface area contributed by atoms with Gasteiger partial charge in [0.25, 0.3) is 5.69 Å². The maximum atomic E-state index is 12.8. The Bertz CT molecular complexity index is 1040. The van der Waals surface area contributed by atoms with Gasteiger partial charge in [-0.1, -0.05) is 0 Å². The zero-order valence-corrected chi connectivity index (χ0v) is 17.8. The van der Waals surface area contributed by atoms with E-state index in [0.717, 1.165) is 13.2 Å². The minimum Gasteiger partial charge on any atom is -0.493 e. The summed E-state index contributed by atoms with van der Waals surface area (Å²) >= 11 is 0.667. The highest BCUT2D eigenvalue weighted by molar-refractivity contribution is 8.00. The maximum Gasteiger partial charge on any atom is 0.416 e. The smallest absolute Gasteiger partial charge is 0.416 e. The third-order valence-corrected chi connectivity index (χ3v) is 5.11. The molecule has 13 heteroatoms. The molecule has 0 spiro atoms. The summed E-state index contributed by atoms with van der Waals surface area (Å²) in [4.78, 5) is 34.5. The lowest BCUT2D eigenvalue weighted by Gasteiger charge is -2.14. The van der Waals surface area contributed by atoms with Crippen molar-refractivity contribution < 1.29 is 41.9 Å². The summed E-state index contributed by atoms with van der Waals surface area (Å²) in [5, 5.41) is 13.6. The number of nitro benzene ring substituents is 1. The van der Waals surface area contributed by atoms with Crippen molar-refractivity contribution in [2.75, 3.05) is 32.4 Å².